The van der Waals surface area contributed by atoms with Crippen LogP contribution in [0.2, 0.25) is 0 Å². The van der Waals surface area contributed by atoms with Crippen LogP contribution in [-0.4, -0.2) is 35.2 Å². The van der Waals surface area contributed by atoms with Gasteiger partial charge in [0, 0.05) is 11.8 Å². The highest BCUT2D eigenvalue weighted by Crippen LogP contribution is 2.41. The Labute approximate surface area is 75.9 Å². The topological polar surface area (TPSA) is 49.3 Å². The van der Waals surface area contributed by atoms with Crippen molar-refractivity contribution in [2.45, 2.75) is 18.9 Å². The van der Waals surface area contributed by atoms with Crippen LogP contribution in [0, 0.1) is 5.41 Å². The molecule has 2 atom stereocenters. The summed E-state index contributed by atoms with van der Waals surface area (Å²) < 4.78 is 0. The maximum atomic E-state index is 11.1. The molecule has 2 heterocycles. The molecule has 0 spiro atoms. The Hall–Kier alpha value is -0.220. The standard InChI is InChI=1S/C8H13NO2S/c10-7(11)8-1-3-9-6(8)5-12-4-2-8/h6,9H,1-5H2,(H,10,11). The average Bonchev–Trinajstić information content (AvgIpc) is 2.48. The highest BCUT2D eigenvalue weighted by atomic mass is 32.2. The van der Waals surface area contributed by atoms with E-state index in [9.17, 15) is 4.79 Å². The summed E-state index contributed by atoms with van der Waals surface area (Å²) in [6, 6.07) is 0.216. The Kier molecular flexibility index (Phi) is 2.04. The van der Waals surface area contributed by atoms with Crippen molar-refractivity contribution in [2.24, 2.45) is 5.41 Å². The number of aliphatic carboxylic acids is 1. The predicted molar refractivity (Wildman–Crippen MR) is 48.4 cm³/mol. The molecular formula is C8H13NO2S. The zero-order chi connectivity index (χ0) is 8.60. The largest absolute Gasteiger partial charge is 0.481 e. The van der Waals surface area contributed by atoms with E-state index in [1.807, 2.05) is 11.8 Å². The SMILES string of the molecule is O=C(O)C12CCNC1CSCC2. The first-order valence-corrected chi connectivity index (χ1v) is 5.46. The van der Waals surface area contributed by atoms with Crippen LogP contribution >= 0.6 is 11.8 Å². The van der Waals surface area contributed by atoms with Gasteiger partial charge < -0.3 is 10.4 Å². The molecule has 2 unspecified atom stereocenters. The van der Waals surface area contributed by atoms with E-state index in [2.05, 4.69) is 5.32 Å². The predicted octanol–water partition coefficient (Wildman–Crippen LogP) is 0.556. The van der Waals surface area contributed by atoms with Gasteiger partial charge in [-0.1, -0.05) is 0 Å². The lowest BCUT2D eigenvalue weighted by atomic mass is 9.78. The molecule has 0 aromatic heterocycles. The summed E-state index contributed by atoms with van der Waals surface area (Å²) in [4.78, 5) is 11.1. The second kappa shape index (κ2) is 2.92. The van der Waals surface area contributed by atoms with E-state index in [0.717, 1.165) is 30.9 Å². The maximum Gasteiger partial charge on any atom is 0.311 e. The number of carbonyl (C=O) groups is 1. The van der Waals surface area contributed by atoms with Gasteiger partial charge in [0.15, 0.2) is 0 Å². The van der Waals surface area contributed by atoms with Crippen LogP contribution in [-0.2, 0) is 4.79 Å². The molecule has 4 heteroatoms. The van der Waals surface area contributed by atoms with Crippen molar-refractivity contribution in [1.82, 2.24) is 5.32 Å². The lowest BCUT2D eigenvalue weighted by Gasteiger charge is -2.34. The van der Waals surface area contributed by atoms with Crippen LogP contribution in [0.25, 0.3) is 0 Å². The molecule has 2 aliphatic rings. The lowest BCUT2D eigenvalue weighted by Crippen LogP contribution is -2.47. The van der Waals surface area contributed by atoms with Gasteiger partial charge in [-0.05, 0) is 25.1 Å². The van der Waals surface area contributed by atoms with E-state index < -0.39 is 11.4 Å². The fourth-order valence-electron chi connectivity index (χ4n) is 2.18. The summed E-state index contributed by atoms with van der Waals surface area (Å²) in [7, 11) is 0. The van der Waals surface area contributed by atoms with Gasteiger partial charge in [-0.25, -0.2) is 0 Å². The first-order valence-electron chi connectivity index (χ1n) is 4.30. The summed E-state index contributed by atoms with van der Waals surface area (Å²) in [6.45, 7) is 0.873. The molecule has 2 rings (SSSR count). The molecule has 68 valence electrons. The highest BCUT2D eigenvalue weighted by molar-refractivity contribution is 7.99. The Bertz CT molecular complexity index is 209. The maximum absolute atomic E-state index is 11.1. The van der Waals surface area contributed by atoms with Gasteiger partial charge in [0.05, 0.1) is 5.41 Å². The summed E-state index contributed by atoms with van der Waals surface area (Å²) in [5, 5.41) is 12.4. The summed E-state index contributed by atoms with van der Waals surface area (Å²) in [5.41, 5.74) is -0.425. The second-order valence-corrected chi connectivity index (χ2v) is 4.69. The zero-order valence-electron chi connectivity index (χ0n) is 6.88. The van der Waals surface area contributed by atoms with Crippen LogP contribution < -0.4 is 5.32 Å². The second-order valence-electron chi connectivity index (χ2n) is 3.54. The van der Waals surface area contributed by atoms with Gasteiger partial charge in [0.2, 0.25) is 0 Å². The number of carboxylic acids is 1. The smallest absolute Gasteiger partial charge is 0.311 e. The Balaban J connectivity index is 2.23. The van der Waals surface area contributed by atoms with E-state index in [4.69, 9.17) is 5.11 Å². The minimum absolute atomic E-state index is 0.216. The highest BCUT2D eigenvalue weighted by Gasteiger charge is 2.50. The molecular weight excluding hydrogens is 174 g/mol. The van der Waals surface area contributed by atoms with E-state index in [1.165, 1.54) is 0 Å². The van der Waals surface area contributed by atoms with E-state index in [-0.39, 0.29) is 6.04 Å². The zero-order valence-corrected chi connectivity index (χ0v) is 7.69. The molecule has 2 fully saturated rings. The summed E-state index contributed by atoms with van der Waals surface area (Å²) in [6.07, 6.45) is 1.65. The Morgan fingerprint density at radius 1 is 1.58 bits per heavy atom. The van der Waals surface area contributed by atoms with E-state index in [1.54, 1.807) is 0 Å². The Morgan fingerprint density at radius 2 is 2.42 bits per heavy atom. The fourth-order valence-corrected chi connectivity index (χ4v) is 3.52. The number of thioether (sulfide) groups is 1. The number of rotatable bonds is 1. The number of carboxylic acid groups (broad SMARTS) is 1. The molecule has 2 saturated heterocycles. The summed E-state index contributed by atoms with van der Waals surface area (Å²) in [5.74, 6) is 1.37. The quantitative estimate of drug-likeness (QED) is 0.629. The van der Waals surface area contributed by atoms with Crippen LogP contribution in [0.4, 0.5) is 0 Å². The number of hydrogen-bond donors (Lipinski definition) is 2. The van der Waals surface area contributed by atoms with Crippen molar-refractivity contribution < 1.29 is 9.90 Å². The van der Waals surface area contributed by atoms with Crippen molar-refractivity contribution in [3.05, 3.63) is 0 Å². The third kappa shape index (κ3) is 1.05. The molecule has 0 aliphatic carbocycles. The first kappa shape index (κ1) is 8.38. The molecule has 12 heavy (non-hydrogen) atoms. The van der Waals surface area contributed by atoms with Crippen molar-refractivity contribution in [3.63, 3.8) is 0 Å². The lowest BCUT2D eigenvalue weighted by molar-refractivity contribution is -0.149. The van der Waals surface area contributed by atoms with Gasteiger partial charge in [-0.3, -0.25) is 4.79 Å². The average molecular weight is 187 g/mol. The normalized spacial score (nSPS) is 40.8. The third-order valence-electron chi connectivity index (χ3n) is 3.03. The van der Waals surface area contributed by atoms with Crippen molar-refractivity contribution in [1.29, 1.82) is 0 Å². The molecule has 0 aromatic carbocycles. The third-order valence-corrected chi connectivity index (χ3v) is 4.09. The van der Waals surface area contributed by atoms with Gasteiger partial charge in [-0.15, -0.1) is 0 Å². The van der Waals surface area contributed by atoms with E-state index >= 15 is 0 Å². The number of nitrogens with one attached hydrogen (secondary N) is 1. The molecule has 2 aliphatic heterocycles. The van der Waals surface area contributed by atoms with Crippen molar-refractivity contribution in [3.8, 4) is 0 Å². The van der Waals surface area contributed by atoms with Crippen LogP contribution in [0.15, 0.2) is 0 Å². The molecule has 0 aromatic rings. The van der Waals surface area contributed by atoms with Crippen molar-refractivity contribution in [2.75, 3.05) is 18.1 Å². The van der Waals surface area contributed by atoms with Gasteiger partial charge in [0.25, 0.3) is 0 Å². The monoisotopic (exact) mass is 187 g/mol. The molecule has 0 amide bonds. The van der Waals surface area contributed by atoms with Crippen LogP contribution in [0.5, 0.6) is 0 Å². The molecule has 2 N–H and O–H groups in total. The first-order chi connectivity index (χ1) is 5.76. The molecule has 0 saturated carbocycles. The van der Waals surface area contributed by atoms with Gasteiger partial charge >= 0.3 is 5.97 Å². The van der Waals surface area contributed by atoms with Crippen LogP contribution in [0.1, 0.15) is 12.8 Å². The molecule has 0 bridgehead atoms. The van der Waals surface area contributed by atoms with E-state index in [0.29, 0.717) is 0 Å². The minimum Gasteiger partial charge on any atom is -0.481 e. The Morgan fingerprint density at radius 3 is 3.08 bits per heavy atom. The minimum atomic E-state index is -0.599. The van der Waals surface area contributed by atoms with Gasteiger partial charge in [-0.2, -0.15) is 11.8 Å². The van der Waals surface area contributed by atoms with Crippen LogP contribution in [0.3, 0.4) is 0 Å². The molecule has 0 radical (unpaired) electrons. The number of hydrogen-bond acceptors (Lipinski definition) is 3. The number of fused-ring (bicyclic) bond motifs is 1. The fraction of sp³-hybridized carbons (Fsp3) is 0.875. The molecule has 3 nitrogen and oxygen atoms in total. The summed E-state index contributed by atoms with van der Waals surface area (Å²) >= 11 is 1.86. The van der Waals surface area contributed by atoms with Crippen molar-refractivity contribution >= 4 is 17.7 Å². The van der Waals surface area contributed by atoms with Gasteiger partial charge in [0.1, 0.15) is 0 Å².